The predicted octanol–water partition coefficient (Wildman–Crippen LogP) is 2.37. The van der Waals surface area contributed by atoms with E-state index in [2.05, 4.69) is 19.2 Å². The number of hydrogen-bond acceptors (Lipinski definition) is 1. The number of carbonyl (C=O) groups is 1. The van der Waals surface area contributed by atoms with Crippen LogP contribution in [0.5, 0.6) is 0 Å². The second kappa shape index (κ2) is 4.03. The van der Waals surface area contributed by atoms with Gasteiger partial charge in [-0.25, -0.2) is 4.79 Å². The fraction of sp³-hybridized carbons (Fsp3) is 0.917. The SMILES string of the molecule is CC1(C)CCN(C(=O)NC2CCC2)CC1. The van der Waals surface area contributed by atoms with E-state index in [-0.39, 0.29) is 6.03 Å². The van der Waals surface area contributed by atoms with Crippen LogP contribution < -0.4 is 5.32 Å². The van der Waals surface area contributed by atoms with Gasteiger partial charge in [-0.05, 0) is 37.5 Å². The van der Waals surface area contributed by atoms with Crippen LogP contribution in [0.3, 0.4) is 0 Å². The zero-order valence-corrected chi connectivity index (χ0v) is 9.88. The average molecular weight is 210 g/mol. The summed E-state index contributed by atoms with van der Waals surface area (Å²) in [6.45, 7) is 6.42. The highest BCUT2D eigenvalue weighted by Crippen LogP contribution is 2.29. The Morgan fingerprint density at radius 3 is 2.33 bits per heavy atom. The number of nitrogens with zero attached hydrogens (tertiary/aromatic N) is 1. The maximum Gasteiger partial charge on any atom is 0.317 e. The van der Waals surface area contributed by atoms with Crippen molar-refractivity contribution in [3.63, 3.8) is 0 Å². The molecule has 0 radical (unpaired) electrons. The summed E-state index contributed by atoms with van der Waals surface area (Å²) in [5.74, 6) is 0. The van der Waals surface area contributed by atoms with Crippen LogP contribution in [-0.2, 0) is 0 Å². The van der Waals surface area contributed by atoms with Crippen molar-refractivity contribution in [2.75, 3.05) is 13.1 Å². The van der Waals surface area contributed by atoms with Crippen molar-refractivity contribution in [1.82, 2.24) is 10.2 Å². The molecular weight excluding hydrogens is 188 g/mol. The lowest BCUT2D eigenvalue weighted by Crippen LogP contribution is -2.50. The van der Waals surface area contributed by atoms with Gasteiger partial charge < -0.3 is 10.2 Å². The molecule has 0 aromatic rings. The van der Waals surface area contributed by atoms with E-state index in [1.807, 2.05) is 4.90 Å². The zero-order chi connectivity index (χ0) is 10.9. The minimum atomic E-state index is 0.162. The number of amides is 2. The van der Waals surface area contributed by atoms with E-state index in [1.54, 1.807) is 0 Å². The molecular formula is C12H22N2O. The highest BCUT2D eigenvalue weighted by atomic mass is 16.2. The lowest BCUT2D eigenvalue weighted by molar-refractivity contribution is 0.134. The topological polar surface area (TPSA) is 32.3 Å². The fourth-order valence-corrected chi connectivity index (χ4v) is 2.13. The molecule has 1 aliphatic carbocycles. The van der Waals surface area contributed by atoms with Crippen molar-refractivity contribution in [3.8, 4) is 0 Å². The van der Waals surface area contributed by atoms with Crippen molar-refractivity contribution >= 4 is 6.03 Å². The molecule has 86 valence electrons. The quantitative estimate of drug-likeness (QED) is 0.708. The van der Waals surface area contributed by atoms with Crippen molar-refractivity contribution in [3.05, 3.63) is 0 Å². The normalized spacial score (nSPS) is 25.9. The molecule has 15 heavy (non-hydrogen) atoms. The summed E-state index contributed by atoms with van der Waals surface area (Å²) < 4.78 is 0. The minimum Gasteiger partial charge on any atom is -0.335 e. The summed E-state index contributed by atoms with van der Waals surface area (Å²) in [4.78, 5) is 13.8. The molecule has 3 nitrogen and oxygen atoms in total. The molecule has 0 aromatic heterocycles. The standard InChI is InChI=1S/C12H22N2O/c1-12(2)6-8-14(9-7-12)11(15)13-10-4-3-5-10/h10H,3-9H2,1-2H3,(H,13,15). The number of carbonyl (C=O) groups excluding carboxylic acids is 1. The molecule has 1 N–H and O–H groups in total. The van der Waals surface area contributed by atoms with E-state index in [1.165, 1.54) is 19.3 Å². The Morgan fingerprint density at radius 2 is 1.87 bits per heavy atom. The number of urea groups is 1. The lowest BCUT2D eigenvalue weighted by Gasteiger charge is -2.38. The molecule has 0 bridgehead atoms. The highest BCUT2D eigenvalue weighted by Gasteiger charge is 2.29. The van der Waals surface area contributed by atoms with Gasteiger partial charge in [0.25, 0.3) is 0 Å². The zero-order valence-electron chi connectivity index (χ0n) is 9.88. The van der Waals surface area contributed by atoms with Gasteiger partial charge in [0.05, 0.1) is 0 Å². The Bertz CT molecular complexity index is 236. The van der Waals surface area contributed by atoms with Crippen molar-refractivity contribution in [1.29, 1.82) is 0 Å². The third-order valence-electron chi connectivity index (χ3n) is 3.84. The highest BCUT2D eigenvalue weighted by molar-refractivity contribution is 5.74. The summed E-state index contributed by atoms with van der Waals surface area (Å²) >= 11 is 0. The molecule has 0 unspecified atom stereocenters. The van der Waals surface area contributed by atoms with Crippen LogP contribution in [-0.4, -0.2) is 30.1 Å². The van der Waals surface area contributed by atoms with Gasteiger partial charge in [0.2, 0.25) is 0 Å². The monoisotopic (exact) mass is 210 g/mol. The van der Waals surface area contributed by atoms with Gasteiger partial charge in [-0.2, -0.15) is 0 Å². The maximum atomic E-state index is 11.8. The fourth-order valence-electron chi connectivity index (χ4n) is 2.13. The molecule has 1 heterocycles. The van der Waals surface area contributed by atoms with Crippen LogP contribution in [0.25, 0.3) is 0 Å². The van der Waals surface area contributed by atoms with Crippen molar-refractivity contribution in [2.24, 2.45) is 5.41 Å². The van der Waals surface area contributed by atoms with Crippen LogP contribution >= 0.6 is 0 Å². The van der Waals surface area contributed by atoms with Gasteiger partial charge in [-0.15, -0.1) is 0 Å². The lowest BCUT2D eigenvalue weighted by atomic mass is 9.83. The molecule has 3 heteroatoms. The van der Waals surface area contributed by atoms with Crippen LogP contribution in [0.4, 0.5) is 4.79 Å². The van der Waals surface area contributed by atoms with Gasteiger partial charge >= 0.3 is 6.03 Å². The van der Waals surface area contributed by atoms with Gasteiger partial charge in [0, 0.05) is 19.1 Å². The summed E-state index contributed by atoms with van der Waals surface area (Å²) in [6, 6.07) is 0.627. The third-order valence-corrected chi connectivity index (χ3v) is 3.84. The van der Waals surface area contributed by atoms with Crippen LogP contribution in [0, 0.1) is 5.41 Å². The Morgan fingerprint density at radius 1 is 1.27 bits per heavy atom. The molecule has 0 spiro atoms. The van der Waals surface area contributed by atoms with Crippen LogP contribution in [0.2, 0.25) is 0 Å². The Balaban J connectivity index is 1.76. The molecule has 1 aliphatic heterocycles. The largest absolute Gasteiger partial charge is 0.335 e. The first-order valence-electron chi connectivity index (χ1n) is 6.12. The Labute approximate surface area is 92.2 Å². The Hall–Kier alpha value is -0.730. The maximum absolute atomic E-state index is 11.8. The summed E-state index contributed by atoms with van der Waals surface area (Å²) in [5.41, 5.74) is 0.424. The second-order valence-electron chi connectivity index (χ2n) is 5.73. The minimum absolute atomic E-state index is 0.162. The van der Waals surface area contributed by atoms with E-state index in [0.29, 0.717) is 11.5 Å². The van der Waals surface area contributed by atoms with Crippen LogP contribution in [0.1, 0.15) is 46.0 Å². The second-order valence-corrected chi connectivity index (χ2v) is 5.73. The van der Waals surface area contributed by atoms with Gasteiger partial charge in [0.15, 0.2) is 0 Å². The first-order valence-corrected chi connectivity index (χ1v) is 6.12. The summed E-state index contributed by atoms with van der Waals surface area (Å²) in [7, 11) is 0. The molecule has 0 atom stereocenters. The third kappa shape index (κ3) is 2.64. The predicted molar refractivity (Wildman–Crippen MR) is 60.8 cm³/mol. The average Bonchev–Trinajstić information content (AvgIpc) is 2.11. The van der Waals surface area contributed by atoms with Gasteiger partial charge in [0.1, 0.15) is 0 Å². The van der Waals surface area contributed by atoms with E-state index in [9.17, 15) is 4.79 Å². The number of hydrogen-bond donors (Lipinski definition) is 1. The van der Waals surface area contributed by atoms with E-state index < -0.39 is 0 Å². The smallest absolute Gasteiger partial charge is 0.317 e. The molecule has 2 rings (SSSR count). The molecule has 0 aromatic carbocycles. The number of nitrogens with one attached hydrogen (secondary N) is 1. The first-order chi connectivity index (χ1) is 7.07. The molecule has 2 amide bonds. The molecule has 1 saturated carbocycles. The molecule has 1 saturated heterocycles. The summed E-state index contributed by atoms with van der Waals surface area (Å²) in [5, 5.41) is 3.10. The van der Waals surface area contributed by atoms with E-state index in [4.69, 9.17) is 0 Å². The van der Waals surface area contributed by atoms with E-state index >= 15 is 0 Å². The van der Waals surface area contributed by atoms with Crippen LogP contribution in [0.15, 0.2) is 0 Å². The first kappa shape index (κ1) is 10.8. The molecule has 2 fully saturated rings. The number of rotatable bonds is 1. The van der Waals surface area contributed by atoms with Gasteiger partial charge in [-0.1, -0.05) is 13.8 Å². The number of likely N-dealkylation sites (tertiary alicyclic amines) is 1. The Kier molecular flexibility index (Phi) is 2.89. The summed E-state index contributed by atoms with van der Waals surface area (Å²) in [6.07, 6.45) is 5.88. The van der Waals surface area contributed by atoms with Crippen molar-refractivity contribution in [2.45, 2.75) is 52.0 Å². The van der Waals surface area contributed by atoms with E-state index in [0.717, 1.165) is 25.9 Å². The van der Waals surface area contributed by atoms with Crippen molar-refractivity contribution < 1.29 is 4.79 Å². The van der Waals surface area contributed by atoms with Gasteiger partial charge in [-0.3, -0.25) is 0 Å². The number of piperidine rings is 1. The molecule has 2 aliphatic rings.